The van der Waals surface area contributed by atoms with Crippen molar-refractivity contribution in [2.75, 3.05) is 13.2 Å². The number of rotatable bonds is 8. The number of hydrogen-bond acceptors (Lipinski definition) is 6. The molecule has 0 saturated carbocycles. The van der Waals surface area contributed by atoms with E-state index in [0.29, 0.717) is 23.7 Å². The fraction of sp³-hybridized carbons (Fsp3) is 0.238. The molecule has 0 saturated heterocycles. The molecule has 1 aromatic heterocycles. The highest BCUT2D eigenvalue weighted by Crippen LogP contribution is 2.19. The van der Waals surface area contributed by atoms with Crippen LogP contribution in [-0.2, 0) is 11.3 Å². The molecule has 3 rings (SSSR count). The molecule has 2 aromatic carbocycles. The van der Waals surface area contributed by atoms with Crippen LogP contribution >= 0.6 is 15.9 Å². The van der Waals surface area contributed by atoms with Crippen LogP contribution in [0.1, 0.15) is 27.4 Å². The summed E-state index contributed by atoms with van der Waals surface area (Å²) in [5.41, 5.74) is 2.11. The van der Waals surface area contributed by atoms with E-state index in [0.717, 1.165) is 21.5 Å². The van der Waals surface area contributed by atoms with Crippen LogP contribution in [0.2, 0.25) is 0 Å². The third-order valence-corrected chi connectivity index (χ3v) is 4.51. The summed E-state index contributed by atoms with van der Waals surface area (Å²) in [7, 11) is 0. The molecule has 3 aromatic rings. The number of benzene rings is 2. The largest absolute Gasteiger partial charge is 0.490 e. The van der Waals surface area contributed by atoms with Crippen molar-refractivity contribution in [2.45, 2.75) is 20.5 Å². The maximum atomic E-state index is 12.2. The zero-order chi connectivity index (χ0) is 19.9. The van der Waals surface area contributed by atoms with E-state index in [1.54, 1.807) is 24.3 Å². The highest BCUT2D eigenvalue weighted by molar-refractivity contribution is 9.10. The minimum Gasteiger partial charge on any atom is -0.490 e. The Hall–Kier alpha value is -2.80. The summed E-state index contributed by atoms with van der Waals surface area (Å²) in [6.07, 6.45) is 0. The van der Waals surface area contributed by atoms with Crippen molar-refractivity contribution in [3.05, 3.63) is 75.6 Å². The van der Waals surface area contributed by atoms with Gasteiger partial charge in [0, 0.05) is 4.47 Å². The Balaban J connectivity index is 1.49. The summed E-state index contributed by atoms with van der Waals surface area (Å²) in [6, 6.07) is 14.3. The molecular formula is C21H20BrNO5. The first-order valence-electron chi connectivity index (χ1n) is 8.73. The van der Waals surface area contributed by atoms with Gasteiger partial charge in [-0.1, -0.05) is 33.2 Å². The van der Waals surface area contributed by atoms with Crippen molar-refractivity contribution in [3.63, 3.8) is 0 Å². The van der Waals surface area contributed by atoms with Gasteiger partial charge in [0.05, 0.1) is 16.8 Å². The first kappa shape index (κ1) is 19.9. The molecule has 0 atom stereocenters. The monoisotopic (exact) mass is 445 g/mol. The summed E-state index contributed by atoms with van der Waals surface area (Å²) in [5.74, 6) is 1.57. The second-order valence-electron chi connectivity index (χ2n) is 6.06. The fourth-order valence-electron chi connectivity index (χ4n) is 2.51. The summed E-state index contributed by atoms with van der Waals surface area (Å²) < 4.78 is 22.6. The third-order valence-electron chi connectivity index (χ3n) is 4.02. The van der Waals surface area contributed by atoms with E-state index >= 15 is 0 Å². The van der Waals surface area contributed by atoms with Gasteiger partial charge in [0.15, 0.2) is 0 Å². The smallest absolute Gasteiger partial charge is 0.338 e. The van der Waals surface area contributed by atoms with Crippen LogP contribution < -0.4 is 9.47 Å². The molecule has 0 spiro atoms. The number of aromatic nitrogens is 1. The standard InChI is InChI=1S/C21H20BrNO5/c1-14-20(15(2)28-23-14)13-27-18-7-3-5-16(11-18)21(24)26-10-9-25-19-8-4-6-17(22)12-19/h3-8,11-12H,9-10,13H2,1-2H3. The zero-order valence-electron chi connectivity index (χ0n) is 15.6. The van der Waals surface area contributed by atoms with Crippen LogP contribution in [0.3, 0.4) is 0 Å². The van der Waals surface area contributed by atoms with Crippen molar-refractivity contribution in [3.8, 4) is 11.5 Å². The maximum absolute atomic E-state index is 12.2. The Bertz CT molecular complexity index is 934. The van der Waals surface area contributed by atoms with E-state index in [1.165, 1.54) is 0 Å². The lowest BCUT2D eigenvalue weighted by molar-refractivity contribution is 0.0450. The molecule has 1 heterocycles. The van der Waals surface area contributed by atoms with Gasteiger partial charge in [-0.15, -0.1) is 0 Å². The predicted molar refractivity (Wildman–Crippen MR) is 107 cm³/mol. The molecule has 28 heavy (non-hydrogen) atoms. The predicted octanol–water partition coefficient (Wildman–Crippen LogP) is 4.87. The van der Waals surface area contributed by atoms with E-state index in [9.17, 15) is 4.79 Å². The van der Waals surface area contributed by atoms with Crippen molar-refractivity contribution in [2.24, 2.45) is 0 Å². The van der Waals surface area contributed by atoms with Gasteiger partial charge >= 0.3 is 5.97 Å². The molecule has 0 aliphatic heterocycles. The van der Waals surface area contributed by atoms with Gasteiger partial charge in [-0.2, -0.15) is 0 Å². The number of hydrogen-bond donors (Lipinski definition) is 0. The Morgan fingerprint density at radius 1 is 1.04 bits per heavy atom. The lowest BCUT2D eigenvalue weighted by Crippen LogP contribution is -2.12. The van der Waals surface area contributed by atoms with Crippen molar-refractivity contribution in [1.82, 2.24) is 5.16 Å². The highest BCUT2D eigenvalue weighted by atomic mass is 79.9. The molecule has 0 aliphatic carbocycles. The van der Waals surface area contributed by atoms with Crippen LogP contribution in [0.4, 0.5) is 0 Å². The Kier molecular flexibility index (Phi) is 6.71. The normalized spacial score (nSPS) is 10.5. The lowest BCUT2D eigenvalue weighted by Gasteiger charge is -2.09. The first-order valence-corrected chi connectivity index (χ1v) is 9.52. The van der Waals surface area contributed by atoms with E-state index < -0.39 is 5.97 Å². The van der Waals surface area contributed by atoms with Crippen LogP contribution in [-0.4, -0.2) is 24.3 Å². The van der Waals surface area contributed by atoms with Gasteiger partial charge in [0.2, 0.25) is 0 Å². The molecule has 0 unspecified atom stereocenters. The topological polar surface area (TPSA) is 70.8 Å². The van der Waals surface area contributed by atoms with Crippen molar-refractivity contribution >= 4 is 21.9 Å². The van der Waals surface area contributed by atoms with Crippen molar-refractivity contribution < 1.29 is 23.5 Å². The van der Waals surface area contributed by atoms with Crippen LogP contribution in [0.5, 0.6) is 11.5 Å². The molecular weight excluding hydrogens is 426 g/mol. The van der Waals surface area contributed by atoms with E-state index in [4.69, 9.17) is 18.7 Å². The van der Waals surface area contributed by atoms with Crippen molar-refractivity contribution in [1.29, 1.82) is 0 Å². The van der Waals surface area contributed by atoms with E-state index in [1.807, 2.05) is 38.1 Å². The molecule has 0 amide bonds. The van der Waals surface area contributed by atoms with Crippen LogP contribution in [0.25, 0.3) is 0 Å². The number of halogens is 1. The number of nitrogens with zero attached hydrogens (tertiary/aromatic N) is 1. The minimum absolute atomic E-state index is 0.148. The molecule has 0 bridgehead atoms. The average Bonchev–Trinajstić information content (AvgIpc) is 3.01. The third kappa shape index (κ3) is 5.36. The Morgan fingerprint density at radius 2 is 1.79 bits per heavy atom. The summed E-state index contributed by atoms with van der Waals surface area (Å²) in [5, 5.41) is 3.90. The molecule has 6 nitrogen and oxygen atoms in total. The SMILES string of the molecule is Cc1noc(C)c1COc1cccc(C(=O)OCCOc2cccc(Br)c2)c1. The molecule has 7 heteroatoms. The van der Waals surface area contributed by atoms with Gasteiger partial charge in [0.25, 0.3) is 0 Å². The second kappa shape index (κ2) is 9.41. The zero-order valence-corrected chi connectivity index (χ0v) is 17.2. The minimum atomic E-state index is -0.430. The quantitative estimate of drug-likeness (QED) is 0.363. The average molecular weight is 446 g/mol. The summed E-state index contributed by atoms with van der Waals surface area (Å²) in [6.45, 7) is 4.43. The Labute approximate surface area is 171 Å². The lowest BCUT2D eigenvalue weighted by atomic mass is 10.2. The van der Waals surface area contributed by atoms with Gasteiger partial charge in [-0.25, -0.2) is 4.79 Å². The molecule has 0 N–H and O–H groups in total. The number of ether oxygens (including phenoxy) is 3. The van der Waals surface area contributed by atoms with Gasteiger partial charge in [0.1, 0.15) is 37.1 Å². The van der Waals surface area contributed by atoms with Crippen LogP contribution in [0.15, 0.2) is 57.5 Å². The maximum Gasteiger partial charge on any atom is 0.338 e. The van der Waals surface area contributed by atoms with Gasteiger partial charge in [-0.3, -0.25) is 0 Å². The summed E-state index contributed by atoms with van der Waals surface area (Å²) in [4.78, 5) is 12.2. The molecule has 0 fully saturated rings. The van der Waals surface area contributed by atoms with Crippen LogP contribution in [0, 0.1) is 13.8 Å². The number of carbonyl (C=O) groups excluding carboxylic acids is 1. The molecule has 0 aliphatic rings. The fourth-order valence-corrected chi connectivity index (χ4v) is 2.89. The second-order valence-corrected chi connectivity index (χ2v) is 6.98. The number of aryl methyl sites for hydroxylation is 2. The first-order chi connectivity index (χ1) is 13.5. The van der Waals surface area contributed by atoms with E-state index in [-0.39, 0.29) is 13.2 Å². The number of carbonyl (C=O) groups is 1. The molecule has 0 radical (unpaired) electrons. The van der Waals surface area contributed by atoms with E-state index in [2.05, 4.69) is 21.1 Å². The Morgan fingerprint density at radius 3 is 2.50 bits per heavy atom. The highest BCUT2D eigenvalue weighted by Gasteiger charge is 2.12. The van der Waals surface area contributed by atoms with Gasteiger partial charge in [-0.05, 0) is 50.2 Å². The summed E-state index contributed by atoms with van der Waals surface area (Å²) >= 11 is 3.38. The molecule has 146 valence electrons. The van der Waals surface area contributed by atoms with Gasteiger partial charge < -0.3 is 18.7 Å². The number of esters is 1.